The Kier molecular flexibility index (Phi) is 4.19. The van der Waals surface area contributed by atoms with Crippen LogP contribution in [-0.4, -0.2) is 34.7 Å². The topological polar surface area (TPSA) is 92.8 Å². The van der Waals surface area contributed by atoms with Crippen molar-refractivity contribution in [1.82, 2.24) is 34.7 Å². The van der Waals surface area contributed by atoms with Crippen molar-refractivity contribution in [3.05, 3.63) is 66.4 Å². The minimum absolute atomic E-state index is 0.276. The summed E-state index contributed by atoms with van der Waals surface area (Å²) in [7, 11) is 1.86. The van der Waals surface area contributed by atoms with E-state index in [-0.39, 0.29) is 6.04 Å². The number of rotatable bonds is 4. The maximum Gasteiger partial charge on any atom is 0.221 e. The third-order valence-corrected chi connectivity index (χ3v) is 4.88. The highest BCUT2D eigenvalue weighted by Crippen LogP contribution is 2.31. The first-order chi connectivity index (χ1) is 14.2. The molecule has 0 aromatic carbocycles. The zero-order valence-corrected chi connectivity index (χ0v) is 16.1. The molecular formula is C20H19N7O2. The molecule has 2 aliphatic rings. The van der Waals surface area contributed by atoms with Crippen LogP contribution < -0.4 is 0 Å². The maximum absolute atomic E-state index is 6.12. The molecule has 9 heteroatoms. The summed E-state index contributed by atoms with van der Waals surface area (Å²) in [4.78, 5) is 9.10. The number of aryl methyl sites for hydroxylation is 1. The summed E-state index contributed by atoms with van der Waals surface area (Å²) >= 11 is 0. The highest BCUT2D eigenvalue weighted by molar-refractivity contribution is 5.69. The lowest BCUT2D eigenvalue weighted by atomic mass is 10.0. The largest absolute Gasteiger partial charge is 0.465 e. The molecule has 4 heterocycles. The lowest BCUT2D eigenvalue weighted by molar-refractivity contribution is 0.195. The number of fused-ring (bicyclic) bond motifs is 1. The van der Waals surface area contributed by atoms with Crippen molar-refractivity contribution >= 4 is 11.3 Å². The summed E-state index contributed by atoms with van der Waals surface area (Å²) in [6.45, 7) is 1.96. The van der Waals surface area contributed by atoms with Gasteiger partial charge in [0, 0.05) is 18.8 Å². The highest BCUT2D eigenvalue weighted by Gasteiger charge is 2.24. The average Bonchev–Trinajstić information content (AvgIpc) is 3.39. The lowest BCUT2D eigenvalue weighted by Crippen LogP contribution is -2.15. The molecule has 146 valence electrons. The SMILES string of the molecule is C[C@H](C1=COC=C(C2=CC=CCC2)O1)n1nnc2ncc(-c3cnn(C)c3)nc21. The van der Waals surface area contributed by atoms with Gasteiger partial charge in [-0.25, -0.2) is 14.6 Å². The Hall–Kier alpha value is -3.75. The van der Waals surface area contributed by atoms with E-state index in [0.717, 1.165) is 24.0 Å². The molecule has 0 fully saturated rings. The van der Waals surface area contributed by atoms with Crippen LogP contribution in [0.1, 0.15) is 25.8 Å². The number of ether oxygens (including phenoxy) is 2. The van der Waals surface area contributed by atoms with Crippen LogP contribution in [0.5, 0.6) is 0 Å². The van der Waals surface area contributed by atoms with E-state index in [2.05, 4.69) is 26.5 Å². The van der Waals surface area contributed by atoms with E-state index in [1.807, 2.05) is 32.3 Å². The summed E-state index contributed by atoms with van der Waals surface area (Å²) in [5.74, 6) is 1.34. The first kappa shape index (κ1) is 17.4. The number of allylic oxidation sites excluding steroid dienone is 5. The van der Waals surface area contributed by atoms with Crippen molar-refractivity contribution < 1.29 is 9.47 Å². The predicted molar refractivity (Wildman–Crippen MR) is 105 cm³/mol. The number of hydrogen-bond acceptors (Lipinski definition) is 7. The Morgan fingerprint density at radius 1 is 1.21 bits per heavy atom. The molecule has 0 amide bonds. The Morgan fingerprint density at radius 2 is 2.14 bits per heavy atom. The molecule has 9 nitrogen and oxygen atoms in total. The second kappa shape index (κ2) is 7.01. The molecule has 0 spiro atoms. The molecule has 3 aromatic heterocycles. The summed E-state index contributed by atoms with van der Waals surface area (Å²) in [5.41, 5.74) is 3.72. The predicted octanol–water partition coefficient (Wildman–Crippen LogP) is 3.19. The summed E-state index contributed by atoms with van der Waals surface area (Å²) in [5, 5.41) is 12.6. The van der Waals surface area contributed by atoms with Gasteiger partial charge in [-0.2, -0.15) is 5.10 Å². The molecule has 0 unspecified atom stereocenters. The molecule has 3 aromatic rings. The fourth-order valence-electron chi connectivity index (χ4n) is 3.27. The molecule has 1 aliphatic heterocycles. The van der Waals surface area contributed by atoms with Crippen LogP contribution >= 0.6 is 0 Å². The fourth-order valence-corrected chi connectivity index (χ4v) is 3.27. The van der Waals surface area contributed by atoms with Gasteiger partial charge in [-0.05, 0) is 25.3 Å². The van der Waals surface area contributed by atoms with E-state index >= 15 is 0 Å². The molecule has 0 saturated carbocycles. The summed E-state index contributed by atoms with van der Waals surface area (Å²) in [6, 6.07) is -0.276. The molecule has 0 bridgehead atoms. The van der Waals surface area contributed by atoms with Crippen molar-refractivity contribution in [2.75, 3.05) is 0 Å². The highest BCUT2D eigenvalue weighted by atomic mass is 16.5. The van der Waals surface area contributed by atoms with E-state index in [9.17, 15) is 0 Å². The van der Waals surface area contributed by atoms with Crippen molar-refractivity contribution in [2.45, 2.75) is 25.8 Å². The normalized spacial score (nSPS) is 17.2. The van der Waals surface area contributed by atoms with E-state index in [1.54, 1.807) is 34.3 Å². The zero-order valence-electron chi connectivity index (χ0n) is 16.1. The van der Waals surface area contributed by atoms with Crippen LogP contribution in [0.15, 0.2) is 66.4 Å². The van der Waals surface area contributed by atoms with Gasteiger partial charge in [0.2, 0.25) is 5.65 Å². The molecule has 5 rings (SSSR count). The standard InChI is InChI=1S/C20H19N7O2/c1-13(17-11-28-12-18(29-17)14-6-4-3-5-7-14)27-20-19(24-25-27)21-9-16(23-20)15-8-22-26(2)10-15/h3-4,6,8-13H,5,7H2,1-2H3/t13-/m1/s1. The number of hydrogen-bond donors (Lipinski definition) is 0. The van der Waals surface area contributed by atoms with Gasteiger partial charge >= 0.3 is 0 Å². The van der Waals surface area contributed by atoms with Crippen LogP contribution in [0.25, 0.3) is 22.6 Å². The molecule has 0 N–H and O–H groups in total. The Morgan fingerprint density at radius 3 is 2.93 bits per heavy atom. The first-order valence-electron chi connectivity index (χ1n) is 9.35. The van der Waals surface area contributed by atoms with Gasteiger partial charge in [0.15, 0.2) is 17.2 Å². The van der Waals surface area contributed by atoms with Gasteiger partial charge < -0.3 is 9.47 Å². The van der Waals surface area contributed by atoms with Gasteiger partial charge in [0.25, 0.3) is 0 Å². The van der Waals surface area contributed by atoms with Crippen molar-refractivity contribution in [3.8, 4) is 11.3 Å². The zero-order chi connectivity index (χ0) is 19.8. The Bertz CT molecular complexity index is 1200. The molecule has 1 aliphatic carbocycles. The van der Waals surface area contributed by atoms with Crippen LogP contribution in [0, 0.1) is 0 Å². The van der Waals surface area contributed by atoms with Gasteiger partial charge in [-0.3, -0.25) is 4.68 Å². The minimum atomic E-state index is -0.276. The van der Waals surface area contributed by atoms with Gasteiger partial charge in [-0.15, -0.1) is 5.10 Å². The quantitative estimate of drug-likeness (QED) is 0.676. The monoisotopic (exact) mass is 389 g/mol. The Labute approximate surface area is 166 Å². The van der Waals surface area contributed by atoms with Gasteiger partial charge in [0.05, 0.1) is 18.1 Å². The van der Waals surface area contributed by atoms with Gasteiger partial charge in [0.1, 0.15) is 18.6 Å². The van der Waals surface area contributed by atoms with Crippen molar-refractivity contribution in [1.29, 1.82) is 0 Å². The number of aromatic nitrogens is 7. The van der Waals surface area contributed by atoms with Crippen LogP contribution in [0.3, 0.4) is 0 Å². The average molecular weight is 389 g/mol. The summed E-state index contributed by atoms with van der Waals surface area (Å²) < 4.78 is 15.1. The second-order valence-corrected chi connectivity index (χ2v) is 6.91. The van der Waals surface area contributed by atoms with Gasteiger partial charge in [-0.1, -0.05) is 23.4 Å². The smallest absolute Gasteiger partial charge is 0.221 e. The lowest BCUT2D eigenvalue weighted by Gasteiger charge is -2.23. The molecule has 29 heavy (non-hydrogen) atoms. The summed E-state index contributed by atoms with van der Waals surface area (Å²) in [6.07, 6.45) is 16.6. The maximum atomic E-state index is 6.12. The molecule has 0 saturated heterocycles. The van der Waals surface area contributed by atoms with E-state index < -0.39 is 0 Å². The molecule has 0 radical (unpaired) electrons. The molecule has 1 atom stereocenters. The fraction of sp³-hybridized carbons (Fsp3) is 0.250. The van der Waals surface area contributed by atoms with E-state index in [4.69, 9.17) is 14.5 Å². The second-order valence-electron chi connectivity index (χ2n) is 6.91. The minimum Gasteiger partial charge on any atom is -0.465 e. The molecular weight excluding hydrogens is 370 g/mol. The third-order valence-electron chi connectivity index (χ3n) is 4.88. The third kappa shape index (κ3) is 3.20. The first-order valence-corrected chi connectivity index (χ1v) is 9.35. The van der Waals surface area contributed by atoms with E-state index in [0.29, 0.717) is 28.5 Å². The van der Waals surface area contributed by atoms with Crippen LogP contribution in [-0.2, 0) is 16.5 Å². The Balaban J connectivity index is 1.45. The number of nitrogens with zero attached hydrogens (tertiary/aromatic N) is 7. The van der Waals surface area contributed by atoms with Crippen molar-refractivity contribution in [2.24, 2.45) is 7.05 Å². The van der Waals surface area contributed by atoms with Crippen LogP contribution in [0.4, 0.5) is 0 Å². The van der Waals surface area contributed by atoms with Crippen LogP contribution in [0.2, 0.25) is 0 Å². The van der Waals surface area contributed by atoms with E-state index in [1.165, 1.54) is 0 Å². The van der Waals surface area contributed by atoms with Crippen molar-refractivity contribution in [3.63, 3.8) is 0 Å².